The second kappa shape index (κ2) is 6.69. The van der Waals surface area contributed by atoms with Crippen LogP contribution >= 0.6 is 15.9 Å². The number of piperidine rings is 1. The van der Waals surface area contributed by atoms with Gasteiger partial charge < -0.3 is 5.32 Å². The standard InChI is InChI=1S/C15H23BrN2/c1-12-8-13(5-6-15(12)16)10-18-7-3-4-14(11-18)9-17-2/h5-6,8,14,17H,3-4,7,9-11H2,1-2H3. The molecule has 18 heavy (non-hydrogen) atoms. The van der Waals surface area contributed by atoms with Gasteiger partial charge >= 0.3 is 0 Å². The Hall–Kier alpha value is -0.380. The normalized spacial score (nSPS) is 21.2. The Morgan fingerprint density at radius 2 is 2.28 bits per heavy atom. The van der Waals surface area contributed by atoms with E-state index in [1.54, 1.807) is 0 Å². The molecule has 1 N–H and O–H groups in total. The van der Waals surface area contributed by atoms with Gasteiger partial charge in [-0.15, -0.1) is 0 Å². The van der Waals surface area contributed by atoms with E-state index in [0.717, 1.165) is 19.0 Å². The van der Waals surface area contributed by atoms with Crippen LogP contribution in [-0.4, -0.2) is 31.6 Å². The summed E-state index contributed by atoms with van der Waals surface area (Å²) >= 11 is 3.56. The van der Waals surface area contributed by atoms with Crippen LogP contribution in [0, 0.1) is 12.8 Å². The van der Waals surface area contributed by atoms with Gasteiger partial charge in [-0.05, 0) is 63.0 Å². The van der Waals surface area contributed by atoms with Gasteiger partial charge in [-0.3, -0.25) is 4.90 Å². The molecule has 2 nitrogen and oxygen atoms in total. The summed E-state index contributed by atoms with van der Waals surface area (Å²) in [7, 11) is 2.05. The maximum atomic E-state index is 3.56. The lowest BCUT2D eigenvalue weighted by Gasteiger charge is -2.32. The molecular formula is C15H23BrN2. The predicted molar refractivity (Wildman–Crippen MR) is 80.8 cm³/mol. The van der Waals surface area contributed by atoms with E-state index in [1.807, 2.05) is 0 Å². The first-order valence-corrected chi connectivity index (χ1v) is 7.60. The van der Waals surface area contributed by atoms with Crippen LogP contribution in [0.2, 0.25) is 0 Å². The smallest absolute Gasteiger partial charge is 0.0233 e. The maximum Gasteiger partial charge on any atom is 0.0233 e. The number of hydrogen-bond donors (Lipinski definition) is 1. The monoisotopic (exact) mass is 310 g/mol. The molecule has 1 aromatic carbocycles. The molecule has 1 aliphatic rings. The third kappa shape index (κ3) is 3.81. The summed E-state index contributed by atoms with van der Waals surface area (Å²) in [6, 6.07) is 6.70. The van der Waals surface area contributed by atoms with Gasteiger partial charge in [0, 0.05) is 17.6 Å². The van der Waals surface area contributed by atoms with E-state index in [1.165, 1.54) is 41.5 Å². The van der Waals surface area contributed by atoms with E-state index < -0.39 is 0 Å². The highest BCUT2D eigenvalue weighted by molar-refractivity contribution is 9.10. The van der Waals surface area contributed by atoms with E-state index in [0.29, 0.717) is 0 Å². The van der Waals surface area contributed by atoms with Crippen molar-refractivity contribution in [1.82, 2.24) is 10.2 Å². The van der Waals surface area contributed by atoms with E-state index in [-0.39, 0.29) is 0 Å². The molecule has 1 aromatic rings. The zero-order chi connectivity index (χ0) is 13.0. The Balaban J connectivity index is 1.93. The molecule has 1 saturated heterocycles. The topological polar surface area (TPSA) is 15.3 Å². The van der Waals surface area contributed by atoms with Crippen LogP contribution in [0.1, 0.15) is 24.0 Å². The zero-order valence-electron chi connectivity index (χ0n) is 11.4. The highest BCUT2D eigenvalue weighted by Gasteiger charge is 2.19. The average Bonchev–Trinajstić information content (AvgIpc) is 2.35. The van der Waals surface area contributed by atoms with E-state index in [2.05, 4.69) is 58.3 Å². The molecule has 1 unspecified atom stereocenters. The molecule has 0 aromatic heterocycles. The van der Waals surface area contributed by atoms with Crippen molar-refractivity contribution in [3.8, 4) is 0 Å². The van der Waals surface area contributed by atoms with E-state index >= 15 is 0 Å². The number of aryl methyl sites for hydroxylation is 1. The van der Waals surface area contributed by atoms with Gasteiger partial charge in [0.25, 0.3) is 0 Å². The SMILES string of the molecule is CNCC1CCCN(Cc2ccc(Br)c(C)c2)C1. The van der Waals surface area contributed by atoms with Crippen LogP contribution in [0.5, 0.6) is 0 Å². The summed E-state index contributed by atoms with van der Waals surface area (Å²) in [4.78, 5) is 2.59. The summed E-state index contributed by atoms with van der Waals surface area (Å²) in [5.74, 6) is 0.820. The molecule has 1 heterocycles. The number of hydrogen-bond acceptors (Lipinski definition) is 2. The maximum absolute atomic E-state index is 3.56. The average molecular weight is 311 g/mol. The first kappa shape index (κ1) is 14.0. The number of halogens is 1. The Kier molecular flexibility index (Phi) is 5.22. The molecule has 100 valence electrons. The molecule has 3 heteroatoms. The molecule has 1 atom stereocenters. The molecular weight excluding hydrogens is 288 g/mol. The fraction of sp³-hybridized carbons (Fsp3) is 0.600. The van der Waals surface area contributed by atoms with Crippen molar-refractivity contribution in [2.24, 2.45) is 5.92 Å². The van der Waals surface area contributed by atoms with Crippen molar-refractivity contribution in [3.05, 3.63) is 33.8 Å². The summed E-state index contributed by atoms with van der Waals surface area (Å²) in [6.45, 7) is 6.88. The lowest BCUT2D eigenvalue weighted by Crippen LogP contribution is -2.38. The van der Waals surface area contributed by atoms with Crippen molar-refractivity contribution in [3.63, 3.8) is 0 Å². The van der Waals surface area contributed by atoms with Crippen LogP contribution < -0.4 is 5.32 Å². The largest absolute Gasteiger partial charge is 0.319 e. The van der Waals surface area contributed by atoms with Gasteiger partial charge in [-0.25, -0.2) is 0 Å². The van der Waals surface area contributed by atoms with Gasteiger partial charge in [0.1, 0.15) is 0 Å². The Labute approximate surface area is 119 Å². The quantitative estimate of drug-likeness (QED) is 0.919. The fourth-order valence-electron chi connectivity index (χ4n) is 2.81. The minimum atomic E-state index is 0.820. The van der Waals surface area contributed by atoms with Gasteiger partial charge in [-0.1, -0.05) is 28.1 Å². The minimum absolute atomic E-state index is 0.820. The fourth-order valence-corrected chi connectivity index (χ4v) is 3.06. The third-order valence-electron chi connectivity index (χ3n) is 3.72. The number of nitrogens with one attached hydrogen (secondary N) is 1. The Bertz CT molecular complexity index is 390. The van der Waals surface area contributed by atoms with Crippen LogP contribution in [0.3, 0.4) is 0 Å². The highest BCUT2D eigenvalue weighted by Crippen LogP contribution is 2.21. The van der Waals surface area contributed by atoms with Gasteiger partial charge in [0.15, 0.2) is 0 Å². The molecule has 0 aliphatic carbocycles. The summed E-state index contributed by atoms with van der Waals surface area (Å²) in [5, 5.41) is 3.31. The molecule has 0 spiro atoms. The molecule has 1 aliphatic heterocycles. The van der Waals surface area contributed by atoms with Crippen LogP contribution in [-0.2, 0) is 6.54 Å². The lowest BCUT2D eigenvalue weighted by atomic mass is 9.97. The second-order valence-corrected chi connectivity index (χ2v) is 6.24. The highest BCUT2D eigenvalue weighted by atomic mass is 79.9. The van der Waals surface area contributed by atoms with Gasteiger partial charge in [-0.2, -0.15) is 0 Å². The Morgan fingerprint density at radius 1 is 1.44 bits per heavy atom. The van der Waals surface area contributed by atoms with Crippen LogP contribution in [0.25, 0.3) is 0 Å². The first-order valence-electron chi connectivity index (χ1n) is 6.81. The number of likely N-dealkylation sites (tertiary alicyclic amines) is 1. The van der Waals surface area contributed by atoms with Crippen molar-refractivity contribution in [2.45, 2.75) is 26.3 Å². The number of benzene rings is 1. The van der Waals surface area contributed by atoms with Crippen LogP contribution in [0.4, 0.5) is 0 Å². The number of nitrogens with zero attached hydrogens (tertiary/aromatic N) is 1. The molecule has 1 fully saturated rings. The Morgan fingerprint density at radius 3 is 3.00 bits per heavy atom. The van der Waals surface area contributed by atoms with Crippen LogP contribution in [0.15, 0.2) is 22.7 Å². The minimum Gasteiger partial charge on any atom is -0.319 e. The molecule has 2 rings (SSSR count). The summed E-state index contributed by atoms with van der Waals surface area (Å²) in [6.07, 6.45) is 2.71. The van der Waals surface area contributed by atoms with Crippen molar-refractivity contribution in [1.29, 1.82) is 0 Å². The first-order chi connectivity index (χ1) is 8.69. The molecule has 0 amide bonds. The van der Waals surface area contributed by atoms with E-state index in [4.69, 9.17) is 0 Å². The van der Waals surface area contributed by atoms with E-state index in [9.17, 15) is 0 Å². The summed E-state index contributed by atoms with van der Waals surface area (Å²) < 4.78 is 1.21. The summed E-state index contributed by atoms with van der Waals surface area (Å²) in [5.41, 5.74) is 2.76. The second-order valence-electron chi connectivity index (χ2n) is 5.38. The van der Waals surface area contributed by atoms with Crippen molar-refractivity contribution in [2.75, 3.05) is 26.7 Å². The molecule has 0 bridgehead atoms. The predicted octanol–water partition coefficient (Wildman–Crippen LogP) is 3.19. The van der Waals surface area contributed by atoms with Gasteiger partial charge in [0.2, 0.25) is 0 Å². The van der Waals surface area contributed by atoms with Crippen molar-refractivity contribution < 1.29 is 0 Å². The number of rotatable bonds is 4. The van der Waals surface area contributed by atoms with Gasteiger partial charge in [0.05, 0.1) is 0 Å². The molecule has 0 saturated carbocycles. The van der Waals surface area contributed by atoms with Crippen molar-refractivity contribution >= 4 is 15.9 Å². The zero-order valence-corrected chi connectivity index (χ0v) is 13.0. The third-order valence-corrected chi connectivity index (χ3v) is 4.61. The lowest BCUT2D eigenvalue weighted by molar-refractivity contribution is 0.167. The molecule has 0 radical (unpaired) electrons.